The van der Waals surface area contributed by atoms with E-state index in [2.05, 4.69) is 5.32 Å². The number of benzene rings is 4. The maximum Gasteiger partial charge on any atom is 0.328 e. The van der Waals surface area contributed by atoms with E-state index in [1.807, 2.05) is 98.8 Å². The molecule has 4 aromatic rings. The van der Waals surface area contributed by atoms with Crippen LogP contribution in [0.4, 0.5) is 5.69 Å². The molecule has 0 fully saturated rings. The van der Waals surface area contributed by atoms with Gasteiger partial charge in [0.15, 0.2) is 0 Å². The van der Waals surface area contributed by atoms with Crippen LogP contribution >= 0.6 is 0 Å². The number of amides is 2. The van der Waals surface area contributed by atoms with E-state index in [-0.39, 0.29) is 17.7 Å². The topological polar surface area (TPSA) is 75.7 Å². The Morgan fingerprint density at radius 2 is 1.38 bits per heavy atom. The lowest BCUT2D eigenvalue weighted by molar-refractivity contribution is -0.147. The van der Waals surface area contributed by atoms with E-state index in [1.165, 1.54) is 7.11 Å². The van der Waals surface area contributed by atoms with E-state index in [0.29, 0.717) is 17.7 Å². The summed E-state index contributed by atoms with van der Waals surface area (Å²) in [5.74, 6) is -0.857. The van der Waals surface area contributed by atoms with Crippen molar-refractivity contribution >= 4 is 23.5 Å². The van der Waals surface area contributed by atoms with Gasteiger partial charge in [0.1, 0.15) is 6.04 Å². The molecular formula is C33H30N2O4. The predicted octanol–water partition coefficient (Wildman–Crippen LogP) is 6.43. The van der Waals surface area contributed by atoms with Crippen molar-refractivity contribution in [3.05, 3.63) is 114 Å². The zero-order chi connectivity index (χ0) is 27.5. The van der Waals surface area contributed by atoms with E-state index < -0.39 is 12.0 Å². The highest BCUT2D eigenvalue weighted by molar-refractivity contribution is 6.05. The van der Waals surface area contributed by atoms with Crippen LogP contribution in [0.15, 0.2) is 97.1 Å². The van der Waals surface area contributed by atoms with Crippen molar-refractivity contribution < 1.29 is 19.1 Å². The van der Waals surface area contributed by atoms with Gasteiger partial charge in [-0.2, -0.15) is 0 Å². The highest BCUT2D eigenvalue weighted by Gasteiger charge is 2.38. The van der Waals surface area contributed by atoms with Crippen molar-refractivity contribution in [2.24, 2.45) is 5.92 Å². The van der Waals surface area contributed by atoms with Crippen LogP contribution in [0.1, 0.15) is 40.1 Å². The fourth-order valence-electron chi connectivity index (χ4n) is 5.00. The van der Waals surface area contributed by atoms with Crippen molar-refractivity contribution in [1.82, 2.24) is 4.90 Å². The number of hydrogen-bond donors (Lipinski definition) is 1. The van der Waals surface area contributed by atoms with Gasteiger partial charge in [-0.25, -0.2) is 4.79 Å². The molecule has 0 bridgehead atoms. The molecule has 1 heterocycles. The molecule has 2 amide bonds. The number of methoxy groups -OCH3 is 1. The normalized spacial score (nSPS) is 13.2. The molecule has 196 valence electrons. The lowest BCUT2D eigenvalue weighted by Gasteiger charge is -2.28. The zero-order valence-corrected chi connectivity index (χ0v) is 22.2. The first-order chi connectivity index (χ1) is 18.9. The average Bonchev–Trinajstić information content (AvgIpc) is 3.28. The second-order valence-electron chi connectivity index (χ2n) is 9.99. The Kier molecular flexibility index (Phi) is 7.28. The number of rotatable bonds is 7. The van der Waals surface area contributed by atoms with Gasteiger partial charge in [0.2, 0.25) is 0 Å². The molecule has 0 aliphatic carbocycles. The van der Waals surface area contributed by atoms with Crippen LogP contribution in [0.2, 0.25) is 0 Å². The van der Waals surface area contributed by atoms with Crippen LogP contribution in [0.3, 0.4) is 0 Å². The van der Waals surface area contributed by atoms with Gasteiger partial charge in [0.05, 0.1) is 7.11 Å². The lowest BCUT2D eigenvalue weighted by Crippen LogP contribution is -2.45. The van der Waals surface area contributed by atoms with E-state index in [9.17, 15) is 14.4 Å². The number of hydrogen-bond acceptors (Lipinski definition) is 4. The highest BCUT2D eigenvalue weighted by atomic mass is 16.5. The summed E-state index contributed by atoms with van der Waals surface area (Å²) in [7, 11) is 1.34. The van der Waals surface area contributed by atoms with Gasteiger partial charge in [0.25, 0.3) is 11.8 Å². The third-order valence-corrected chi connectivity index (χ3v) is 7.08. The Morgan fingerprint density at radius 1 is 0.795 bits per heavy atom. The van der Waals surface area contributed by atoms with Crippen LogP contribution in [0.25, 0.3) is 22.3 Å². The first-order valence-electron chi connectivity index (χ1n) is 12.9. The molecule has 1 atom stereocenters. The van der Waals surface area contributed by atoms with E-state index in [0.717, 1.165) is 33.5 Å². The second-order valence-corrected chi connectivity index (χ2v) is 9.99. The fraction of sp³-hybridized carbons (Fsp3) is 0.182. The Labute approximate surface area is 228 Å². The fourth-order valence-corrected chi connectivity index (χ4v) is 5.00. The second kappa shape index (κ2) is 11.0. The molecule has 0 aromatic heterocycles. The average molecular weight is 519 g/mol. The minimum Gasteiger partial charge on any atom is -0.467 e. The van der Waals surface area contributed by atoms with E-state index in [1.54, 1.807) is 17.0 Å². The molecule has 6 nitrogen and oxygen atoms in total. The summed E-state index contributed by atoms with van der Waals surface area (Å²) < 4.78 is 4.95. The first-order valence-corrected chi connectivity index (χ1v) is 12.9. The quantitative estimate of drug-likeness (QED) is 0.286. The third-order valence-electron chi connectivity index (χ3n) is 7.08. The molecule has 0 spiro atoms. The molecule has 4 aromatic carbocycles. The summed E-state index contributed by atoms with van der Waals surface area (Å²) in [6, 6.07) is 30.2. The van der Waals surface area contributed by atoms with Crippen LogP contribution < -0.4 is 5.32 Å². The number of fused-ring (bicyclic) bond motifs is 1. The molecule has 39 heavy (non-hydrogen) atoms. The largest absolute Gasteiger partial charge is 0.467 e. The first kappa shape index (κ1) is 25.9. The molecule has 0 radical (unpaired) electrons. The maximum absolute atomic E-state index is 13.2. The Bertz CT molecular complexity index is 1510. The summed E-state index contributed by atoms with van der Waals surface area (Å²) in [5.41, 5.74) is 6.68. The minimum absolute atomic E-state index is 0.0735. The summed E-state index contributed by atoms with van der Waals surface area (Å²) in [6.45, 7) is 4.18. The molecule has 5 rings (SSSR count). The van der Waals surface area contributed by atoms with Gasteiger partial charge in [-0.05, 0) is 64.1 Å². The molecule has 1 aliphatic heterocycles. The van der Waals surface area contributed by atoms with Crippen molar-refractivity contribution in [3.63, 3.8) is 0 Å². The number of anilines is 1. The SMILES string of the molecule is COC(=O)C(C(C)C)N1Cc2ccc(-c3ccc(C(=O)Nc4ccc(-c5ccccc5)cc4)cc3)cc2C1=O. The van der Waals surface area contributed by atoms with Gasteiger partial charge >= 0.3 is 5.97 Å². The summed E-state index contributed by atoms with van der Waals surface area (Å²) in [4.78, 5) is 40.0. The molecular weight excluding hydrogens is 488 g/mol. The zero-order valence-electron chi connectivity index (χ0n) is 22.2. The summed E-state index contributed by atoms with van der Waals surface area (Å²) in [6.07, 6.45) is 0. The van der Waals surface area contributed by atoms with E-state index in [4.69, 9.17) is 4.74 Å². The van der Waals surface area contributed by atoms with Crippen molar-refractivity contribution in [1.29, 1.82) is 0 Å². The molecule has 6 heteroatoms. The smallest absolute Gasteiger partial charge is 0.328 e. The van der Waals surface area contributed by atoms with Crippen LogP contribution in [0.5, 0.6) is 0 Å². The number of nitrogens with one attached hydrogen (secondary N) is 1. The maximum atomic E-state index is 13.2. The van der Waals surface area contributed by atoms with Crippen molar-refractivity contribution in [2.75, 3.05) is 12.4 Å². The molecule has 1 aliphatic rings. The molecule has 1 N–H and O–H groups in total. The molecule has 0 saturated carbocycles. The lowest BCUT2D eigenvalue weighted by atomic mass is 9.99. The van der Waals surface area contributed by atoms with Gasteiger partial charge in [0, 0.05) is 23.4 Å². The molecule has 0 saturated heterocycles. The number of ether oxygens (including phenoxy) is 1. The van der Waals surface area contributed by atoms with Crippen LogP contribution in [-0.2, 0) is 16.1 Å². The number of carbonyl (C=O) groups is 3. The summed E-state index contributed by atoms with van der Waals surface area (Å²) >= 11 is 0. The Hall–Kier alpha value is -4.71. The number of esters is 1. The van der Waals surface area contributed by atoms with Crippen molar-refractivity contribution in [3.8, 4) is 22.3 Å². The highest BCUT2D eigenvalue weighted by Crippen LogP contribution is 2.31. The Balaban J connectivity index is 1.28. The monoisotopic (exact) mass is 518 g/mol. The summed E-state index contributed by atoms with van der Waals surface area (Å²) in [5, 5.41) is 2.95. The third kappa shape index (κ3) is 5.32. The minimum atomic E-state index is -0.634. The Morgan fingerprint density at radius 3 is 2.03 bits per heavy atom. The van der Waals surface area contributed by atoms with Gasteiger partial charge < -0.3 is 15.0 Å². The van der Waals surface area contributed by atoms with Gasteiger partial charge in [-0.1, -0.05) is 80.6 Å². The van der Waals surface area contributed by atoms with Crippen LogP contribution in [0, 0.1) is 5.92 Å². The van der Waals surface area contributed by atoms with E-state index >= 15 is 0 Å². The number of nitrogens with zero attached hydrogens (tertiary/aromatic N) is 1. The van der Waals surface area contributed by atoms with Gasteiger partial charge in [-0.3, -0.25) is 9.59 Å². The predicted molar refractivity (Wildman–Crippen MR) is 152 cm³/mol. The molecule has 1 unspecified atom stereocenters. The van der Waals surface area contributed by atoms with Crippen molar-refractivity contribution in [2.45, 2.75) is 26.4 Å². The standard InChI is InChI=1S/C33H30N2O4/c1-21(2)30(33(38)39-3)35-20-27-14-13-26(19-29(27)32(35)37)24-9-11-25(12-10-24)31(36)34-28-17-15-23(16-18-28)22-7-5-4-6-8-22/h4-19,21,30H,20H2,1-3H3,(H,34,36). The number of carbonyl (C=O) groups excluding carboxylic acids is 3. The van der Waals surface area contributed by atoms with Crippen LogP contribution in [-0.4, -0.2) is 35.8 Å². The van der Waals surface area contributed by atoms with Gasteiger partial charge in [-0.15, -0.1) is 0 Å².